The highest BCUT2D eigenvalue weighted by Gasteiger charge is 2.62. The van der Waals surface area contributed by atoms with Gasteiger partial charge in [-0.1, -0.05) is 20.3 Å². The predicted molar refractivity (Wildman–Crippen MR) is 103 cm³/mol. The number of amides is 1. The third-order valence-corrected chi connectivity index (χ3v) is 5.59. The zero-order valence-electron chi connectivity index (χ0n) is 15.5. The molecule has 7 heteroatoms. The molecule has 1 aliphatic carbocycles. The maximum Gasteiger partial charge on any atom is 0.241 e. The van der Waals surface area contributed by atoms with Gasteiger partial charge in [0.05, 0.1) is 6.10 Å². The Hall–Kier alpha value is -0.0700. The minimum atomic E-state index is -0.816. The Morgan fingerprint density at radius 1 is 1.29 bits per heavy atom. The molecule has 144 valence electrons. The second-order valence-electron chi connectivity index (χ2n) is 7.58. The molecule has 3 atom stereocenters. The number of carbonyl (C=O) groups excluding carboxylic acids is 1. The number of carbonyl (C=O) groups is 1. The topological polar surface area (TPSA) is 67.6 Å². The number of nitrogens with two attached hydrogens (primary N) is 1. The Morgan fingerprint density at radius 3 is 2.38 bits per heavy atom. The molecular weight excluding hydrogens is 349 g/mol. The molecule has 3 N–H and O–H groups in total. The molecule has 2 fully saturated rings. The van der Waals surface area contributed by atoms with Crippen molar-refractivity contribution in [2.75, 3.05) is 26.2 Å². The maximum absolute atomic E-state index is 12.7. The van der Waals surface area contributed by atoms with Crippen molar-refractivity contribution in [3.63, 3.8) is 0 Å². The smallest absolute Gasteiger partial charge is 0.241 e. The number of hydrogen-bond donors (Lipinski definition) is 2. The number of piperidine rings is 1. The summed E-state index contributed by atoms with van der Waals surface area (Å²) in [7, 11) is 0. The van der Waals surface area contributed by atoms with Crippen molar-refractivity contribution in [3.8, 4) is 0 Å². The zero-order chi connectivity index (χ0) is 16.4. The molecule has 5 nitrogen and oxygen atoms in total. The van der Waals surface area contributed by atoms with Gasteiger partial charge in [-0.05, 0) is 39.8 Å². The number of nitrogens with zero attached hydrogens (tertiary/aromatic N) is 1. The second-order valence-corrected chi connectivity index (χ2v) is 7.58. The molecule has 1 saturated heterocycles. The van der Waals surface area contributed by atoms with Gasteiger partial charge in [-0.25, -0.2) is 0 Å². The van der Waals surface area contributed by atoms with Gasteiger partial charge in [0.25, 0.3) is 0 Å². The van der Waals surface area contributed by atoms with Crippen LogP contribution >= 0.6 is 24.8 Å². The van der Waals surface area contributed by atoms with E-state index in [1.165, 1.54) is 19.3 Å². The molecule has 1 saturated carbocycles. The summed E-state index contributed by atoms with van der Waals surface area (Å²) in [5, 5.41) is 3.13. The highest BCUT2D eigenvalue weighted by atomic mass is 35.5. The third kappa shape index (κ3) is 4.76. The van der Waals surface area contributed by atoms with Crippen LogP contribution in [0.3, 0.4) is 0 Å². The number of hydrogen-bond acceptors (Lipinski definition) is 4. The summed E-state index contributed by atoms with van der Waals surface area (Å²) >= 11 is 0. The number of rotatable bonds is 6. The Labute approximate surface area is 159 Å². The van der Waals surface area contributed by atoms with E-state index >= 15 is 0 Å². The van der Waals surface area contributed by atoms with Crippen LogP contribution < -0.4 is 11.1 Å². The monoisotopic (exact) mass is 383 g/mol. The van der Waals surface area contributed by atoms with E-state index in [1.54, 1.807) is 0 Å². The quantitative estimate of drug-likeness (QED) is 0.738. The van der Waals surface area contributed by atoms with Gasteiger partial charge in [0.15, 0.2) is 0 Å². The van der Waals surface area contributed by atoms with Gasteiger partial charge in [0.1, 0.15) is 5.54 Å². The molecule has 1 heterocycles. The van der Waals surface area contributed by atoms with Crippen molar-refractivity contribution in [2.45, 2.75) is 71.1 Å². The molecule has 2 rings (SSSR count). The fraction of sp³-hybridized carbons (Fsp3) is 0.941. The van der Waals surface area contributed by atoms with Gasteiger partial charge in [-0.3, -0.25) is 4.79 Å². The van der Waals surface area contributed by atoms with E-state index in [-0.39, 0.29) is 48.3 Å². The molecule has 0 aromatic heterocycles. The van der Waals surface area contributed by atoms with Crippen LogP contribution in [0.4, 0.5) is 0 Å². The molecule has 1 aliphatic heterocycles. The lowest BCUT2D eigenvalue weighted by Crippen LogP contribution is -2.76. The summed E-state index contributed by atoms with van der Waals surface area (Å²) < 4.78 is 5.70. The molecular formula is C17H35Cl2N3O2. The van der Waals surface area contributed by atoms with Crippen molar-refractivity contribution >= 4 is 30.7 Å². The molecule has 2 aliphatic rings. The lowest BCUT2D eigenvalue weighted by molar-refractivity contribution is -0.171. The van der Waals surface area contributed by atoms with Crippen LogP contribution in [0.15, 0.2) is 0 Å². The highest BCUT2D eigenvalue weighted by molar-refractivity contribution is 5.89. The first-order valence-corrected chi connectivity index (χ1v) is 8.75. The van der Waals surface area contributed by atoms with Crippen LogP contribution in [-0.2, 0) is 9.53 Å². The molecule has 24 heavy (non-hydrogen) atoms. The van der Waals surface area contributed by atoms with Crippen LogP contribution in [-0.4, -0.2) is 54.7 Å². The van der Waals surface area contributed by atoms with Crippen LogP contribution in [0.2, 0.25) is 0 Å². The number of nitrogens with one attached hydrogen (secondary N) is 1. The van der Waals surface area contributed by atoms with Gasteiger partial charge < -0.3 is 20.7 Å². The summed E-state index contributed by atoms with van der Waals surface area (Å²) in [5.74, 6) is -0.0297. The van der Waals surface area contributed by atoms with Gasteiger partial charge in [0, 0.05) is 31.0 Å². The minimum absolute atomic E-state index is 0. The standard InChI is InChI=1S/C17H33N3O2.2ClH/c1-5-22-14-11-17(18,16(14,3)4)15(21)19-13(2)12-20-9-7-6-8-10-20;;/h13-14H,5-12,18H2,1-4H3,(H,19,21);2*1H. The average Bonchev–Trinajstić information content (AvgIpc) is 2.47. The SMILES string of the molecule is CCOC1CC(N)(C(=O)NC(C)CN2CCCCC2)C1(C)C.Cl.Cl. The molecule has 0 bridgehead atoms. The molecule has 0 aromatic carbocycles. The van der Waals surface area contributed by atoms with Gasteiger partial charge in [0.2, 0.25) is 5.91 Å². The van der Waals surface area contributed by atoms with E-state index in [1.807, 2.05) is 20.8 Å². The Morgan fingerprint density at radius 2 is 1.88 bits per heavy atom. The minimum Gasteiger partial charge on any atom is -0.378 e. The molecule has 1 amide bonds. The molecule has 0 radical (unpaired) electrons. The Balaban J connectivity index is 0.00000264. The molecule has 3 unspecified atom stereocenters. The normalized spacial score (nSPS) is 30.3. The summed E-state index contributed by atoms with van der Waals surface area (Å²) in [5.41, 5.74) is 5.28. The fourth-order valence-electron chi connectivity index (χ4n) is 3.75. The zero-order valence-corrected chi connectivity index (χ0v) is 17.1. The molecule has 0 aromatic rings. The van der Waals surface area contributed by atoms with Gasteiger partial charge >= 0.3 is 0 Å². The van der Waals surface area contributed by atoms with Crippen molar-refractivity contribution in [1.29, 1.82) is 0 Å². The van der Waals surface area contributed by atoms with Crippen LogP contribution in [0.25, 0.3) is 0 Å². The largest absolute Gasteiger partial charge is 0.378 e. The van der Waals surface area contributed by atoms with E-state index in [9.17, 15) is 4.79 Å². The van der Waals surface area contributed by atoms with Crippen molar-refractivity contribution < 1.29 is 9.53 Å². The summed E-state index contributed by atoms with van der Waals surface area (Å²) in [4.78, 5) is 15.1. The highest BCUT2D eigenvalue weighted by Crippen LogP contribution is 2.49. The number of likely N-dealkylation sites (tertiary alicyclic amines) is 1. The van der Waals surface area contributed by atoms with E-state index in [0.717, 1.165) is 19.6 Å². The molecule has 0 spiro atoms. The Bertz CT molecular complexity index is 403. The first kappa shape index (κ1) is 23.9. The van der Waals surface area contributed by atoms with Crippen LogP contribution in [0.5, 0.6) is 0 Å². The maximum atomic E-state index is 12.7. The van der Waals surface area contributed by atoms with E-state index < -0.39 is 5.54 Å². The fourth-order valence-corrected chi connectivity index (χ4v) is 3.75. The first-order chi connectivity index (χ1) is 10.3. The van der Waals surface area contributed by atoms with Gasteiger partial charge in [-0.2, -0.15) is 0 Å². The number of halogens is 2. The average molecular weight is 384 g/mol. The summed E-state index contributed by atoms with van der Waals surface area (Å²) in [6.45, 7) is 12.0. The third-order valence-electron chi connectivity index (χ3n) is 5.59. The first-order valence-electron chi connectivity index (χ1n) is 8.75. The van der Waals surface area contributed by atoms with Crippen LogP contribution in [0, 0.1) is 5.41 Å². The van der Waals surface area contributed by atoms with E-state index in [2.05, 4.69) is 17.1 Å². The lowest BCUT2D eigenvalue weighted by atomic mass is 9.54. The second kappa shape index (κ2) is 9.58. The van der Waals surface area contributed by atoms with Crippen molar-refractivity contribution in [1.82, 2.24) is 10.2 Å². The van der Waals surface area contributed by atoms with Gasteiger partial charge in [-0.15, -0.1) is 24.8 Å². The summed E-state index contributed by atoms with van der Waals surface area (Å²) in [6.07, 6.45) is 4.55. The van der Waals surface area contributed by atoms with E-state index in [0.29, 0.717) is 13.0 Å². The lowest BCUT2D eigenvalue weighted by Gasteiger charge is -2.57. The predicted octanol–water partition coefficient (Wildman–Crippen LogP) is 2.35. The van der Waals surface area contributed by atoms with Crippen LogP contribution in [0.1, 0.15) is 53.4 Å². The van der Waals surface area contributed by atoms with Crippen molar-refractivity contribution in [2.24, 2.45) is 11.1 Å². The van der Waals surface area contributed by atoms with E-state index in [4.69, 9.17) is 10.5 Å². The Kier molecular flexibility index (Phi) is 9.55. The van der Waals surface area contributed by atoms with Crippen molar-refractivity contribution in [3.05, 3.63) is 0 Å². The summed E-state index contributed by atoms with van der Waals surface area (Å²) in [6, 6.07) is 0.132. The number of ether oxygens (including phenoxy) is 1.